The fourth-order valence-electron chi connectivity index (χ4n) is 7.61. The van der Waals surface area contributed by atoms with Crippen LogP contribution in [0, 0.1) is 11.8 Å². The van der Waals surface area contributed by atoms with Gasteiger partial charge in [-0.1, -0.05) is 24.6 Å². The molecule has 0 radical (unpaired) electrons. The molecule has 1 unspecified atom stereocenters. The Labute approximate surface area is 334 Å². The maximum absolute atomic E-state index is 13.2. The Morgan fingerprint density at radius 1 is 0.845 bits per heavy atom. The highest BCUT2D eigenvalue weighted by atomic mass is 16.5. The van der Waals surface area contributed by atoms with Gasteiger partial charge in [-0.2, -0.15) is 0 Å². The average molecular weight is 774 g/mol. The molecule has 1 N–H and O–H groups in total. The molecule has 290 valence electrons. The molecule has 13 heteroatoms. The van der Waals surface area contributed by atoms with E-state index in [2.05, 4.69) is 73.4 Å². The number of hydrogen-bond donors (Lipinski definition) is 1. The third-order valence-corrected chi connectivity index (χ3v) is 10.8. The number of nitrogens with one attached hydrogen (secondary N) is 1. The summed E-state index contributed by atoms with van der Waals surface area (Å²) in [5.74, 6) is 5.98. The van der Waals surface area contributed by atoms with Crippen molar-refractivity contribution >= 4 is 45.2 Å². The zero-order chi connectivity index (χ0) is 39.8. The van der Waals surface area contributed by atoms with Crippen LogP contribution in [0.4, 0.5) is 5.69 Å². The van der Waals surface area contributed by atoms with Crippen LogP contribution < -0.4 is 19.7 Å². The van der Waals surface area contributed by atoms with Crippen molar-refractivity contribution in [3.05, 3.63) is 121 Å². The molecule has 3 aliphatic rings. The third kappa shape index (κ3) is 7.10. The van der Waals surface area contributed by atoms with E-state index in [0.717, 1.165) is 38.1 Å². The second kappa shape index (κ2) is 15.5. The highest BCUT2D eigenvalue weighted by Gasteiger charge is 2.44. The molecular formula is C45H39N7O6. The maximum atomic E-state index is 13.2. The Hall–Kier alpha value is -7.04. The van der Waals surface area contributed by atoms with Gasteiger partial charge in [0, 0.05) is 84.5 Å². The van der Waals surface area contributed by atoms with E-state index in [1.807, 2.05) is 55.0 Å². The molecule has 3 amide bonds. The summed E-state index contributed by atoms with van der Waals surface area (Å²) in [5.41, 5.74) is 7.05. The Morgan fingerprint density at radius 2 is 1.69 bits per heavy atom. The Morgan fingerprint density at radius 3 is 2.50 bits per heavy atom. The number of fused-ring (bicyclic) bond motifs is 4. The van der Waals surface area contributed by atoms with Crippen LogP contribution in [0.2, 0.25) is 0 Å². The van der Waals surface area contributed by atoms with E-state index < -0.39 is 17.9 Å². The smallest absolute Gasteiger partial charge is 0.262 e. The number of ether oxygens (including phenoxy) is 3. The summed E-state index contributed by atoms with van der Waals surface area (Å²) in [7, 11) is 2.07. The minimum absolute atomic E-state index is 0.0200. The molecule has 6 aromatic rings. The number of rotatable bonds is 11. The van der Waals surface area contributed by atoms with Crippen LogP contribution >= 0.6 is 0 Å². The molecule has 1 atom stereocenters. The summed E-state index contributed by atoms with van der Waals surface area (Å²) in [6, 6.07) is 20.4. The van der Waals surface area contributed by atoms with Crippen molar-refractivity contribution in [1.82, 2.24) is 29.7 Å². The van der Waals surface area contributed by atoms with Crippen LogP contribution in [0.1, 0.15) is 45.7 Å². The number of allylic oxidation sites excluding steroid dienone is 1. The molecule has 2 saturated heterocycles. The van der Waals surface area contributed by atoms with Gasteiger partial charge in [-0.15, -0.1) is 0 Å². The molecule has 9 rings (SSSR count). The van der Waals surface area contributed by atoms with Gasteiger partial charge in [0.1, 0.15) is 24.1 Å². The fourth-order valence-corrected chi connectivity index (χ4v) is 7.61. The summed E-state index contributed by atoms with van der Waals surface area (Å²) < 4.78 is 19.8. The number of hydrogen-bond acceptors (Lipinski definition) is 10. The molecule has 0 saturated carbocycles. The minimum Gasteiger partial charge on any atom is -0.492 e. The van der Waals surface area contributed by atoms with Crippen LogP contribution in [0.5, 0.6) is 11.6 Å². The number of carbonyl (C=O) groups is 3. The lowest BCUT2D eigenvalue weighted by molar-refractivity contribution is -0.125. The Bertz CT molecular complexity index is 2660. The molecular weight excluding hydrogens is 735 g/mol. The predicted octanol–water partition coefficient (Wildman–Crippen LogP) is 5.68. The van der Waals surface area contributed by atoms with Crippen LogP contribution in [0.15, 0.2) is 104 Å². The largest absolute Gasteiger partial charge is 0.492 e. The Balaban J connectivity index is 0.681. The third-order valence-electron chi connectivity index (χ3n) is 10.8. The van der Waals surface area contributed by atoms with Gasteiger partial charge in [0.05, 0.1) is 42.2 Å². The van der Waals surface area contributed by atoms with Gasteiger partial charge in [0.2, 0.25) is 11.8 Å². The standard InChI is InChI=1S/C45H39N7O6/c1-28-6-14-40(43(53)49-28)52-44(54)36-13-10-32(22-37(36)45(52)55)51-26-34(27-51)57-18-3-5-31-9-11-33(24-47-31)56-19-4-20-58-42-15-8-30(23-48-42)29-7-12-35-38-25-46-17-16-39(38)50(2)41(35)21-29/h7-13,15-17,21-25,34,40H,1,4,6,14,18-20,26-27H2,2H3,(H,49,53). The molecule has 58 heavy (non-hydrogen) atoms. The van der Waals surface area contributed by atoms with Gasteiger partial charge >= 0.3 is 0 Å². The van der Waals surface area contributed by atoms with Gasteiger partial charge in [-0.05, 0) is 72.9 Å². The first-order valence-electron chi connectivity index (χ1n) is 19.2. The zero-order valence-electron chi connectivity index (χ0n) is 31.8. The lowest BCUT2D eigenvalue weighted by Gasteiger charge is -2.40. The van der Waals surface area contributed by atoms with E-state index in [1.54, 1.807) is 18.3 Å². The summed E-state index contributed by atoms with van der Waals surface area (Å²) in [6.45, 7) is 6.20. The van der Waals surface area contributed by atoms with Crippen LogP contribution in [-0.4, -0.2) is 87.2 Å². The molecule has 13 nitrogen and oxygen atoms in total. The van der Waals surface area contributed by atoms with Crippen LogP contribution in [-0.2, 0) is 16.6 Å². The van der Waals surface area contributed by atoms with Crippen LogP contribution in [0.3, 0.4) is 0 Å². The normalized spacial score (nSPS) is 16.6. The number of pyridine rings is 3. The van der Waals surface area contributed by atoms with Crippen molar-refractivity contribution in [2.45, 2.75) is 31.4 Å². The van der Waals surface area contributed by atoms with Crippen molar-refractivity contribution in [3.8, 4) is 34.6 Å². The van der Waals surface area contributed by atoms with Crippen molar-refractivity contribution in [2.75, 3.05) is 37.8 Å². The Kier molecular flexibility index (Phi) is 9.76. The quantitative estimate of drug-likeness (QED) is 0.0994. The minimum atomic E-state index is -0.833. The lowest BCUT2D eigenvalue weighted by atomic mass is 10.0. The molecule has 0 bridgehead atoms. The highest BCUT2D eigenvalue weighted by Crippen LogP contribution is 2.34. The maximum Gasteiger partial charge on any atom is 0.262 e. The molecule has 7 heterocycles. The first-order chi connectivity index (χ1) is 28.3. The van der Waals surface area contributed by atoms with E-state index in [1.165, 1.54) is 5.39 Å². The highest BCUT2D eigenvalue weighted by molar-refractivity contribution is 6.23. The van der Waals surface area contributed by atoms with Gasteiger partial charge in [0.25, 0.3) is 11.8 Å². The van der Waals surface area contributed by atoms with Crippen molar-refractivity contribution in [1.29, 1.82) is 0 Å². The van der Waals surface area contributed by atoms with Crippen molar-refractivity contribution in [2.24, 2.45) is 7.05 Å². The predicted molar refractivity (Wildman–Crippen MR) is 217 cm³/mol. The second-order valence-corrected chi connectivity index (χ2v) is 14.5. The second-order valence-electron chi connectivity index (χ2n) is 14.5. The number of aromatic nitrogens is 4. The zero-order valence-corrected chi connectivity index (χ0v) is 31.8. The number of amides is 3. The first-order valence-corrected chi connectivity index (χ1v) is 19.2. The first kappa shape index (κ1) is 36.6. The molecule has 4 aromatic heterocycles. The summed E-state index contributed by atoms with van der Waals surface area (Å²) in [4.78, 5) is 55.1. The molecule has 3 aliphatic heterocycles. The van der Waals surface area contributed by atoms with E-state index in [0.29, 0.717) is 79.7 Å². The number of aryl methyl sites for hydroxylation is 1. The van der Waals surface area contributed by atoms with E-state index in [-0.39, 0.29) is 18.6 Å². The molecule has 2 aromatic carbocycles. The molecule has 2 fully saturated rings. The van der Waals surface area contributed by atoms with E-state index in [4.69, 9.17) is 14.2 Å². The van der Waals surface area contributed by atoms with Crippen molar-refractivity contribution in [3.63, 3.8) is 0 Å². The number of benzene rings is 2. The average Bonchev–Trinajstić information content (AvgIpc) is 3.65. The van der Waals surface area contributed by atoms with E-state index >= 15 is 0 Å². The molecule has 0 aliphatic carbocycles. The number of anilines is 1. The van der Waals surface area contributed by atoms with E-state index in [9.17, 15) is 14.4 Å². The number of piperidine rings is 1. The van der Waals surface area contributed by atoms with Gasteiger partial charge < -0.3 is 29.0 Å². The molecule has 0 spiro atoms. The van der Waals surface area contributed by atoms with Crippen molar-refractivity contribution < 1.29 is 28.6 Å². The van der Waals surface area contributed by atoms with Gasteiger partial charge in [0.15, 0.2) is 0 Å². The fraction of sp³-hybridized carbons (Fsp3) is 0.244. The van der Waals surface area contributed by atoms with Crippen LogP contribution in [0.25, 0.3) is 32.9 Å². The summed E-state index contributed by atoms with van der Waals surface area (Å²) in [5, 5.41) is 4.98. The topological polar surface area (TPSA) is 141 Å². The summed E-state index contributed by atoms with van der Waals surface area (Å²) >= 11 is 0. The SMILES string of the molecule is C=C1CCC(N2C(=O)c3ccc(N4CC(OCC#Cc5ccc(OCCCOc6ccc(-c7ccc8c9cnccc9n(C)c8c7)cn6)cn5)C4)cc3C2=O)C(=O)N1. The number of nitrogens with zero attached hydrogens (tertiary/aromatic N) is 6. The summed E-state index contributed by atoms with van der Waals surface area (Å²) in [6.07, 6.45) is 8.75. The number of imide groups is 1. The lowest BCUT2D eigenvalue weighted by Crippen LogP contribution is -2.52. The van der Waals surface area contributed by atoms with Gasteiger partial charge in [-0.3, -0.25) is 24.3 Å². The van der Waals surface area contributed by atoms with Gasteiger partial charge in [-0.25, -0.2) is 9.97 Å². The monoisotopic (exact) mass is 773 g/mol. The number of carbonyl (C=O) groups excluding carboxylic acids is 3.